The fourth-order valence-electron chi connectivity index (χ4n) is 2.56. The monoisotopic (exact) mass is 269 g/mol. The Morgan fingerprint density at radius 2 is 1.85 bits per heavy atom. The maximum atomic E-state index is 5.99. The Morgan fingerprint density at radius 1 is 1.10 bits per heavy atom. The van der Waals surface area contributed by atoms with Gasteiger partial charge in [0.15, 0.2) is 0 Å². The Kier molecular flexibility index (Phi) is 5.19. The molecule has 2 aromatic carbocycles. The third-order valence-electron chi connectivity index (χ3n) is 3.73. The molecule has 0 fully saturated rings. The van der Waals surface area contributed by atoms with Crippen molar-refractivity contribution in [3.63, 3.8) is 0 Å². The lowest BCUT2D eigenvalue weighted by Crippen LogP contribution is -2.14. The molecule has 0 saturated heterocycles. The number of hydrogen-bond acceptors (Lipinski definition) is 2. The fourth-order valence-corrected chi connectivity index (χ4v) is 2.56. The van der Waals surface area contributed by atoms with Crippen LogP contribution in [0.3, 0.4) is 0 Å². The number of rotatable bonds is 6. The van der Waals surface area contributed by atoms with E-state index in [1.54, 1.807) is 7.11 Å². The molecule has 2 rings (SSSR count). The SMILES string of the molecule is COc1ccc(C)cc1C(CN)CCc1ccccc1. The van der Waals surface area contributed by atoms with Crippen molar-refractivity contribution in [2.24, 2.45) is 5.73 Å². The summed E-state index contributed by atoms with van der Waals surface area (Å²) in [5.41, 5.74) is 9.82. The van der Waals surface area contributed by atoms with Gasteiger partial charge in [0.2, 0.25) is 0 Å². The van der Waals surface area contributed by atoms with E-state index in [1.807, 2.05) is 12.1 Å². The molecule has 2 heteroatoms. The predicted octanol–water partition coefficient (Wildman–Crippen LogP) is 3.68. The van der Waals surface area contributed by atoms with Crippen LogP contribution in [0.4, 0.5) is 0 Å². The molecule has 1 unspecified atom stereocenters. The average molecular weight is 269 g/mol. The quantitative estimate of drug-likeness (QED) is 0.868. The zero-order chi connectivity index (χ0) is 14.4. The molecular weight excluding hydrogens is 246 g/mol. The lowest BCUT2D eigenvalue weighted by atomic mass is 9.91. The highest BCUT2D eigenvalue weighted by molar-refractivity contribution is 5.39. The molecule has 0 aliphatic heterocycles. The van der Waals surface area contributed by atoms with Crippen LogP contribution < -0.4 is 10.5 Å². The van der Waals surface area contributed by atoms with Crippen molar-refractivity contribution in [2.75, 3.05) is 13.7 Å². The smallest absolute Gasteiger partial charge is 0.122 e. The molecule has 106 valence electrons. The Bertz CT molecular complexity index is 536. The van der Waals surface area contributed by atoms with Crippen LogP contribution in [0.5, 0.6) is 5.75 Å². The van der Waals surface area contributed by atoms with Gasteiger partial charge in [0.05, 0.1) is 7.11 Å². The van der Waals surface area contributed by atoms with Crippen molar-refractivity contribution in [3.8, 4) is 5.75 Å². The summed E-state index contributed by atoms with van der Waals surface area (Å²) in [7, 11) is 1.72. The molecule has 2 N–H and O–H groups in total. The van der Waals surface area contributed by atoms with Crippen LogP contribution in [-0.4, -0.2) is 13.7 Å². The first-order valence-electron chi connectivity index (χ1n) is 7.13. The first kappa shape index (κ1) is 14.6. The lowest BCUT2D eigenvalue weighted by molar-refractivity contribution is 0.404. The van der Waals surface area contributed by atoms with E-state index in [1.165, 1.54) is 16.7 Å². The van der Waals surface area contributed by atoms with E-state index in [4.69, 9.17) is 10.5 Å². The summed E-state index contributed by atoms with van der Waals surface area (Å²) in [4.78, 5) is 0. The third-order valence-corrected chi connectivity index (χ3v) is 3.73. The largest absolute Gasteiger partial charge is 0.496 e. The van der Waals surface area contributed by atoms with Gasteiger partial charge in [0.1, 0.15) is 5.75 Å². The van der Waals surface area contributed by atoms with Gasteiger partial charge in [0.25, 0.3) is 0 Å². The molecule has 0 saturated carbocycles. The van der Waals surface area contributed by atoms with E-state index in [0.717, 1.165) is 18.6 Å². The van der Waals surface area contributed by atoms with E-state index in [9.17, 15) is 0 Å². The zero-order valence-corrected chi connectivity index (χ0v) is 12.3. The first-order chi connectivity index (χ1) is 9.74. The topological polar surface area (TPSA) is 35.2 Å². The van der Waals surface area contributed by atoms with E-state index >= 15 is 0 Å². The molecule has 0 heterocycles. The van der Waals surface area contributed by atoms with Gasteiger partial charge >= 0.3 is 0 Å². The van der Waals surface area contributed by atoms with Crippen LogP contribution in [0, 0.1) is 6.92 Å². The summed E-state index contributed by atoms with van der Waals surface area (Å²) < 4.78 is 5.48. The second-order valence-corrected chi connectivity index (χ2v) is 5.20. The summed E-state index contributed by atoms with van der Waals surface area (Å²) in [6, 6.07) is 16.9. The second-order valence-electron chi connectivity index (χ2n) is 5.20. The van der Waals surface area contributed by atoms with E-state index in [2.05, 4.69) is 43.3 Å². The summed E-state index contributed by atoms with van der Waals surface area (Å²) in [5.74, 6) is 1.28. The molecule has 2 nitrogen and oxygen atoms in total. The first-order valence-corrected chi connectivity index (χ1v) is 7.13. The van der Waals surface area contributed by atoms with Crippen molar-refractivity contribution in [1.82, 2.24) is 0 Å². The van der Waals surface area contributed by atoms with E-state index in [0.29, 0.717) is 12.5 Å². The fraction of sp³-hybridized carbons (Fsp3) is 0.333. The molecule has 0 aliphatic carbocycles. The highest BCUT2D eigenvalue weighted by atomic mass is 16.5. The second kappa shape index (κ2) is 7.11. The molecule has 2 aromatic rings. The van der Waals surface area contributed by atoms with Crippen LogP contribution in [0.15, 0.2) is 48.5 Å². The molecule has 0 aromatic heterocycles. The lowest BCUT2D eigenvalue weighted by Gasteiger charge is -2.19. The molecular formula is C18H23NO. The maximum absolute atomic E-state index is 5.99. The number of benzene rings is 2. The Hall–Kier alpha value is -1.80. The van der Waals surface area contributed by atoms with E-state index < -0.39 is 0 Å². The predicted molar refractivity (Wildman–Crippen MR) is 84.3 cm³/mol. The van der Waals surface area contributed by atoms with E-state index in [-0.39, 0.29) is 0 Å². The van der Waals surface area contributed by atoms with Gasteiger partial charge in [-0.25, -0.2) is 0 Å². The number of aryl methyl sites for hydroxylation is 2. The zero-order valence-electron chi connectivity index (χ0n) is 12.3. The molecule has 1 atom stereocenters. The molecule has 0 aliphatic rings. The van der Waals surface area contributed by atoms with Gasteiger partial charge in [0, 0.05) is 5.92 Å². The van der Waals surface area contributed by atoms with Crippen molar-refractivity contribution in [2.45, 2.75) is 25.7 Å². The molecule has 0 bridgehead atoms. The van der Waals surface area contributed by atoms with Crippen molar-refractivity contribution in [3.05, 3.63) is 65.2 Å². The minimum Gasteiger partial charge on any atom is -0.496 e. The summed E-state index contributed by atoms with van der Waals surface area (Å²) in [5, 5.41) is 0. The van der Waals surface area contributed by atoms with Gasteiger partial charge in [-0.05, 0) is 43.5 Å². The Morgan fingerprint density at radius 3 is 2.50 bits per heavy atom. The molecule has 0 radical (unpaired) electrons. The maximum Gasteiger partial charge on any atom is 0.122 e. The Balaban J connectivity index is 2.14. The number of methoxy groups -OCH3 is 1. The minimum absolute atomic E-state index is 0.338. The standard InChI is InChI=1S/C18H23NO/c1-14-8-11-18(20-2)17(12-14)16(13-19)10-9-15-6-4-3-5-7-15/h3-8,11-12,16H,9-10,13,19H2,1-2H3. The van der Waals surface area contributed by atoms with Crippen LogP contribution in [0.2, 0.25) is 0 Å². The van der Waals surface area contributed by atoms with Crippen LogP contribution in [-0.2, 0) is 6.42 Å². The molecule has 20 heavy (non-hydrogen) atoms. The number of ether oxygens (including phenoxy) is 1. The molecule has 0 spiro atoms. The summed E-state index contributed by atoms with van der Waals surface area (Å²) in [6.45, 7) is 2.75. The van der Waals surface area contributed by atoms with Crippen LogP contribution in [0.1, 0.15) is 29.0 Å². The van der Waals surface area contributed by atoms with Gasteiger partial charge in [-0.15, -0.1) is 0 Å². The summed E-state index contributed by atoms with van der Waals surface area (Å²) in [6.07, 6.45) is 2.08. The molecule has 0 amide bonds. The van der Waals surface area contributed by atoms with Crippen molar-refractivity contribution < 1.29 is 4.74 Å². The van der Waals surface area contributed by atoms with Crippen molar-refractivity contribution >= 4 is 0 Å². The van der Waals surface area contributed by atoms with Gasteiger partial charge in [-0.1, -0.05) is 48.0 Å². The van der Waals surface area contributed by atoms with Gasteiger partial charge < -0.3 is 10.5 Å². The average Bonchev–Trinajstić information content (AvgIpc) is 2.49. The number of nitrogens with two attached hydrogens (primary N) is 1. The van der Waals surface area contributed by atoms with Gasteiger partial charge in [-0.3, -0.25) is 0 Å². The highest BCUT2D eigenvalue weighted by Gasteiger charge is 2.15. The van der Waals surface area contributed by atoms with Crippen LogP contribution in [0.25, 0.3) is 0 Å². The number of hydrogen-bond donors (Lipinski definition) is 1. The minimum atomic E-state index is 0.338. The Labute approximate surface area is 121 Å². The normalized spacial score (nSPS) is 12.2. The highest BCUT2D eigenvalue weighted by Crippen LogP contribution is 2.30. The van der Waals surface area contributed by atoms with Crippen LogP contribution >= 0.6 is 0 Å². The van der Waals surface area contributed by atoms with Crippen molar-refractivity contribution in [1.29, 1.82) is 0 Å². The summed E-state index contributed by atoms with van der Waals surface area (Å²) >= 11 is 0. The third kappa shape index (κ3) is 3.61. The van der Waals surface area contributed by atoms with Gasteiger partial charge in [-0.2, -0.15) is 0 Å².